The van der Waals surface area contributed by atoms with Crippen molar-refractivity contribution in [2.45, 2.75) is 0 Å². The van der Waals surface area contributed by atoms with Crippen molar-refractivity contribution in [3.05, 3.63) is 10.6 Å². The Balaban J connectivity index is 0. The molecule has 1 saturated heterocycles. The van der Waals surface area contributed by atoms with E-state index in [1.54, 1.807) is 0 Å². The zero-order chi connectivity index (χ0) is 8.49. The second kappa shape index (κ2) is 15.0. The van der Waals surface area contributed by atoms with E-state index in [9.17, 15) is 0 Å². The first kappa shape index (κ1) is 18.4. The molecule has 1 rings (SSSR count). The summed E-state index contributed by atoms with van der Waals surface area (Å²) in [5.74, 6) is 0. The van der Waals surface area contributed by atoms with E-state index in [1.165, 1.54) is 0 Å². The topological polar surface area (TPSA) is 52.3 Å². The standard InChI is InChI=1S/C8H18N4.2Pa/c1-2-10-5-6-12-8-7-11-4-3-9-1;;/h9,12H,1-8H2;;/q-2;;. The molecule has 0 aromatic carbocycles. The summed E-state index contributed by atoms with van der Waals surface area (Å²) < 4.78 is 0. The molecular weight excluding hydrogens is 614 g/mol. The van der Waals surface area contributed by atoms with Crippen molar-refractivity contribution in [3.8, 4) is 0 Å². The van der Waals surface area contributed by atoms with Crippen molar-refractivity contribution >= 4 is 0 Å². The van der Waals surface area contributed by atoms with Crippen LogP contribution in [0.4, 0.5) is 0 Å². The van der Waals surface area contributed by atoms with Crippen LogP contribution in [0, 0.1) is 64.6 Å². The van der Waals surface area contributed by atoms with Crippen molar-refractivity contribution in [3.63, 3.8) is 0 Å². The van der Waals surface area contributed by atoms with Gasteiger partial charge in [0.2, 0.25) is 0 Å². The number of hydrogen-bond donors (Lipinski definition) is 2. The second-order valence-electron chi connectivity index (χ2n) is 2.84. The van der Waals surface area contributed by atoms with Crippen molar-refractivity contribution in [1.29, 1.82) is 0 Å². The Morgan fingerprint density at radius 3 is 1.14 bits per heavy atom. The van der Waals surface area contributed by atoms with Crippen LogP contribution in [-0.4, -0.2) is 52.4 Å². The molecule has 2 radical (unpaired) electrons. The fourth-order valence-electron chi connectivity index (χ4n) is 1.11. The van der Waals surface area contributed by atoms with E-state index >= 15 is 0 Å². The molecule has 0 atom stereocenters. The summed E-state index contributed by atoms with van der Waals surface area (Å²) in [6, 6.07) is 0. The molecule has 1 fully saturated rings. The molecule has 0 aromatic rings. The molecule has 1 aliphatic heterocycles. The van der Waals surface area contributed by atoms with Crippen LogP contribution >= 0.6 is 0 Å². The minimum atomic E-state index is 0. The summed E-state index contributed by atoms with van der Waals surface area (Å²) in [5, 5.41) is 15.3. The van der Waals surface area contributed by atoms with Gasteiger partial charge in [0.1, 0.15) is 0 Å². The molecule has 14 heavy (non-hydrogen) atoms. The fraction of sp³-hybridized carbons (Fsp3) is 1.00. The molecule has 1 aliphatic rings. The molecule has 1 heterocycles. The summed E-state index contributed by atoms with van der Waals surface area (Å²) in [4.78, 5) is 0. The summed E-state index contributed by atoms with van der Waals surface area (Å²) in [6.45, 7) is 7.71. The van der Waals surface area contributed by atoms with Crippen LogP contribution in [0.5, 0.6) is 0 Å². The van der Waals surface area contributed by atoms with Gasteiger partial charge in [-0.15, -0.1) is 26.2 Å². The SMILES string of the molecule is C1CNCC[N-]CCNCC[N-]1.[Pa].[Pa]. The Kier molecular flexibility index (Phi) is 19.7. The normalized spacial score (nSPS) is 20.6. The van der Waals surface area contributed by atoms with Gasteiger partial charge in [-0.3, -0.25) is 0 Å². The van der Waals surface area contributed by atoms with Crippen molar-refractivity contribution in [2.24, 2.45) is 0 Å². The average Bonchev–Trinajstić information content (AvgIpc) is 2.05. The van der Waals surface area contributed by atoms with Crippen LogP contribution in [-0.2, 0) is 0 Å². The van der Waals surface area contributed by atoms with Gasteiger partial charge >= 0.3 is 0 Å². The number of nitrogens with one attached hydrogen (secondary N) is 2. The van der Waals surface area contributed by atoms with Crippen molar-refractivity contribution in [2.75, 3.05) is 52.4 Å². The molecule has 0 saturated carbocycles. The van der Waals surface area contributed by atoms with E-state index in [4.69, 9.17) is 0 Å². The molecule has 78 valence electrons. The Hall–Kier alpha value is 2.02. The van der Waals surface area contributed by atoms with Crippen LogP contribution in [0.3, 0.4) is 0 Å². The zero-order valence-electron chi connectivity index (χ0n) is 8.71. The maximum Gasteiger partial charge on any atom is 0 e. The second-order valence-corrected chi connectivity index (χ2v) is 2.84. The van der Waals surface area contributed by atoms with Crippen LogP contribution in [0.1, 0.15) is 0 Å². The number of rotatable bonds is 0. The van der Waals surface area contributed by atoms with E-state index in [0.29, 0.717) is 0 Å². The van der Waals surface area contributed by atoms with Gasteiger partial charge in [0, 0.05) is 64.6 Å². The predicted octanol–water partition coefficient (Wildman–Crippen LogP) is -0.0734. The maximum absolute atomic E-state index is 4.35. The van der Waals surface area contributed by atoms with E-state index in [2.05, 4.69) is 21.3 Å². The third-order valence-corrected chi connectivity index (χ3v) is 1.79. The minimum absolute atomic E-state index is 0. The third-order valence-electron chi connectivity index (χ3n) is 1.79. The zero-order valence-corrected chi connectivity index (χ0v) is 18.3. The maximum atomic E-state index is 4.35. The van der Waals surface area contributed by atoms with Gasteiger partial charge in [-0.2, -0.15) is 0 Å². The van der Waals surface area contributed by atoms with Gasteiger partial charge in [-0.25, -0.2) is 0 Å². The monoisotopic (exact) mass is 632 g/mol. The van der Waals surface area contributed by atoms with E-state index in [1.807, 2.05) is 0 Å². The van der Waals surface area contributed by atoms with Crippen LogP contribution in [0.15, 0.2) is 0 Å². The molecule has 6 heteroatoms. The first-order valence-electron chi connectivity index (χ1n) is 4.68. The molecule has 0 bridgehead atoms. The summed E-state index contributed by atoms with van der Waals surface area (Å²) in [6.07, 6.45) is 0. The first-order valence-corrected chi connectivity index (χ1v) is 4.68. The third kappa shape index (κ3) is 12.1. The molecule has 2 N–H and O–H groups in total. The largest absolute Gasteiger partial charge is 0.660 e. The molecule has 4 nitrogen and oxygen atoms in total. The van der Waals surface area contributed by atoms with Gasteiger partial charge in [-0.1, -0.05) is 0 Å². The predicted molar refractivity (Wildman–Crippen MR) is 51.9 cm³/mol. The molecular formula is C8H18N4Pa2-2. The fourth-order valence-corrected chi connectivity index (χ4v) is 1.11. The summed E-state index contributed by atoms with van der Waals surface area (Å²) in [5.41, 5.74) is 0. The van der Waals surface area contributed by atoms with E-state index < -0.39 is 0 Å². The quantitative estimate of drug-likeness (QED) is 0.394. The Morgan fingerprint density at radius 1 is 0.571 bits per heavy atom. The molecule has 0 spiro atoms. The van der Waals surface area contributed by atoms with E-state index in [-0.39, 0.29) is 64.6 Å². The number of nitrogens with zero attached hydrogens (tertiary/aromatic N) is 2. The summed E-state index contributed by atoms with van der Waals surface area (Å²) >= 11 is 0. The Bertz CT molecular complexity index is 62.3. The van der Waals surface area contributed by atoms with Gasteiger partial charge < -0.3 is 21.3 Å². The summed E-state index contributed by atoms with van der Waals surface area (Å²) in [7, 11) is 0. The first-order chi connectivity index (χ1) is 6.00. The minimum Gasteiger partial charge on any atom is -0.660 e. The Labute approximate surface area is 136 Å². The van der Waals surface area contributed by atoms with Crippen molar-refractivity contribution < 1.29 is 64.6 Å². The van der Waals surface area contributed by atoms with Crippen LogP contribution in [0.2, 0.25) is 0 Å². The molecule has 0 aromatic heterocycles. The molecule has 0 unspecified atom stereocenters. The van der Waals surface area contributed by atoms with Gasteiger partial charge in [0.25, 0.3) is 0 Å². The molecule has 0 amide bonds. The van der Waals surface area contributed by atoms with Crippen LogP contribution in [0.25, 0.3) is 10.6 Å². The smallest absolute Gasteiger partial charge is 0 e. The van der Waals surface area contributed by atoms with Crippen molar-refractivity contribution in [1.82, 2.24) is 10.6 Å². The van der Waals surface area contributed by atoms with Gasteiger partial charge in [0.15, 0.2) is 0 Å². The van der Waals surface area contributed by atoms with Gasteiger partial charge in [0.05, 0.1) is 0 Å². The Morgan fingerprint density at radius 2 is 0.857 bits per heavy atom. The van der Waals surface area contributed by atoms with Gasteiger partial charge in [-0.05, 0) is 26.2 Å². The van der Waals surface area contributed by atoms with Crippen LogP contribution < -0.4 is 10.6 Å². The van der Waals surface area contributed by atoms with E-state index in [0.717, 1.165) is 52.4 Å². The average molecular weight is 632 g/mol. The molecule has 0 aliphatic carbocycles. The number of hydrogen-bond acceptors (Lipinski definition) is 2.